The summed E-state index contributed by atoms with van der Waals surface area (Å²) in [6, 6.07) is 7.99. The van der Waals surface area contributed by atoms with E-state index in [1.165, 1.54) is 17.3 Å². The molecule has 0 aliphatic carbocycles. The molecular formula is C15H19N9S. The molecule has 10 heteroatoms. The van der Waals surface area contributed by atoms with Gasteiger partial charge >= 0.3 is 0 Å². The van der Waals surface area contributed by atoms with Gasteiger partial charge in [-0.2, -0.15) is 19.6 Å². The number of nitrogens with zero attached hydrogens (tertiary/aromatic N) is 8. The number of nitrogens with two attached hydrogens (primary N) is 1. The van der Waals surface area contributed by atoms with Gasteiger partial charge in [0.15, 0.2) is 0 Å². The fourth-order valence-electron chi connectivity index (χ4n) is 2.09. The van der Waals surface area contributed by atoms with Crippen molar-refractivity contribution in [1.82, 2.24) is 35.2 Å². The molecule has 3 rings (SSSR count). The lowest BCUT2D eigenvalue weighted by Crippen LogP contribution is -2.16. The fourth-order valence-corrected chi connectivity index (χ4v) is 2.94. The van der Waals surface area contributed by atoms with E-state index in [-0.39, 0.29) is 11.2 Å². The molecule has 2 N–H and O–H groups in total. The summed E-state index contributed by atoms with van der Waals surface area (Å²) >= 11 is 1.46. The Bertz CT molecular complexity index is 860. The minimum absolute atomic E-state index is 0.0980. The van der Waals surface area contributed by atoms with E-state index in [0.717, 1.165) is 5.69 Å². The lowest BCUT2D eigenvalue weighted by atomic mass is 10.2. The van der Waals surface area contributed by atoms with Crippen LogP contribution in [0, 0.1) is 6.92 Å². The van der Waals surface area contributed by atoms with Crippen LogP contribution in [0.4, 0.5) is 11.9 Å². The van der Waals surface area contributed by atoms with Gasteiger partial charge < -0.3 is 10.6 Å². The standard InChI is InChI=1S/C15H19N9S/c1-9-5-7-11(8-6-9)24-15(20-21-22-24)25-10(2)12-17-13(16)19-14(18-12)23(3)4/h5-8,10H,1-4H3,(H2,16,17,18,19). The third kappa shape index (κ3) is 3.85. The largest absolute Gasteiger partial charge is 0.368 e. The second-order valence-corrected chi connectivity index (χ2v) is 7.02. The smallest absolute Gasteiger partial charge is 0.229 e. The molecule has 0 bridgehead atoms. The molecule has 0 aliphatic rings. The predicted molar refractivity (Wildman–Crippen MR) is 96.7 cm³/mol. The summed E-state index contributed by atoms with van der Waals surface area (Å²) in [5, 5.41) is 12.5. The summed E-state index contributed by atoms with van der Waals surface area (Å²) in [6.07, 6.45) is 0. The summed E-state index contributed by atoms with van der Waals surface area (Å²) in [5.74, 6) is 1.30. The lowest BCUT2D eigenvalue weighted by molar-refractivity contribution is 0.753. The average molecular weight is 357 g/mol. The third-order valence-corrected chi connectivity index (χ3v) is 4.45. The molecule has 0 saturated heterocycles. The SMILES string of the molecule is Cc1ccc(-n2nnnc2SC(C)c2nc(N)nc(N(C)C)n2)cc1. The number of tetrazole rings is 1. The predicted octanol–water partition coefficient (Wildman–Crippen LogP) is 1.66. The van der Waals surface area contributed by atoms with Gasteiger partial charge in [0.25, 0.3) is 0 Å². The van der Waals surface area contributed by atoms with Crippen LogP contribution >= 0.6 is 11.8 Å². The number of aryl methyl sites for hydroxylation is 1. The Morgan fingerprint density at radius 1 is 1.12 bits per heavy atom. The van der Waals surface area contributed by atoms with Gasteiger partial charge in [-0.1, -0.05) is 29.5 Å². The summed E-state index contributed by atoms with van der Waals surface area (Å²) in [4.78, 5) is 14.6. The number of anilines is 2. The van der Waals surface area contributed by atoms with E-state index in [1.54, 1.807) is 9.58 Å². The van der Waals surface area contributed by atoms with Gasteiger partial charge in [-0.25, -0.2) is 0 Å². The molecule has 1 aromatic carbocycles. The number of thioether (sulfide) groups is 1. The molecule has 2 aromatic heterocycles. The zero-order chi connectivity index (χ0) is 18.0. The highest BCUT2D eigenvalue weighted by molar-refractivity contribution is 7.99. The first kappa shape index (κ1) is 17.1. The van der Waals surface area contributed by atoms with Crippen LogP contribution in [0.1, 0.15) is 23.6 Å². The van der Waals surface area contributed by atoms with Crippen LogP contribution in [0.3, 0.4) is 0 Å². The molecule has 9 nitrogen and oxygen atoms in total. The first-order valence-electron chi connectivity index (χ1n) is 7.65. The van der Waals surface area contributed by atoms with Crippen molar-refractivity contribution in [3.63, 3.8) is 0 Å². The molecular weight excluding hydrogens is 338 g/mol. The molecule has 3 aromatic rings. The van der Waals surface area contributed by atoms with Crippen LogP contribution in [0.15, 0.2) is 29.4 Å². The maximum atomic E-state index is 5.80. The van der Waals surface area contributed by atoms with Crippen molar-refractivity contribution in [1.29, 1.82) is 0 Å². The van der Waals surface area contributed by atoms with Gasteiger partial charge in [0, 0.05) is 14.1 Å². The second-order valence-electron chi connectivity index (χ2n) is 5.72. The highest BCUT2D eigenvalue weighted by Crippen LogP contribution is 2.32. The monoisotopic (exact) mass is 357 g/mol. The Labute approximate surface area is 149 Å². The molecule has 0 spiro atoms. The van der Waals surface area contributed by atoms with E-state index in [0.29, 0.717) is 16.9 Å². The van der Waals surface area contributed by atoms with Crippen LogP contribution < -0.4 is 10.6 Å². The minimum Gasteiger partial charge on any atom is -0.368 e. The topological polar surface area (TPSA) is 112 Å². The zero-order valence-corrected chi connectivity index (χ0v) is 15.3. The number of hydrogen-bond acceptors (Lipinski definition) is 9. The number of rotatable bonds is 5. The van der Waals surface area contributed by atoms with Gasteiger partial charge in [0.2, 0.25) is 17.1 Å². The fraction of sp³-hybridized carbons (Fsp3) is 0.333. The van der Waals surface area contributed by atoms with Crippen LogP contribution in [-0.2, 0) is 0 Å². The second kappa shape index (κ2) is 7.01. The molecule has 25 heavy (non-hydrogen) atoms. The minimum atomic E-state index is -0.0980. The van der Waals surface area contributed by atoms with Crippen LogP contribution in [0.25, 0.3) is 5.69 Å². The summed E-state index contributed by atoms with van der Waals surface area (Å²) < 4.78 is 1.69. The van der Waals surface area contributed by atoms with E-state index >= 15 is 0 Å². The zero-order valence-electron chi connectivity index (χ0n) is 14.5. The molecule has 2 heterocycles. The Morgan fingerprint density at radius 3 is 2.52 bits per heavy atom. The molecule has 1 unspecified atom stereocenters. The average Bonchev–Trinajstić information content (AvgIpc) is 3.03. The maximum Gasteiger partial charge on any atom is 0.229 e. The van der Waals surface area contributed by atoms with Crippen molar-refractivity contribution < 1.29 is 0 Å². The number of hydrogen-bond donors (Lipinski definition) is 1. The molecule has 130 valence electrons. The molecule has 1 atom stereocenters. The van der Waals surface area contributed by atoms with Gasteiger partial charge in [-0.05, 0) is 36.4 Å². The van der Waals surface area contributed by atoms with Crippen molar-refractivity contribution >= 4 is 23.7 Å². The van der Waals surface area contributed by atoms with E-state index < -0.39 is 0 Å². The quantitative estimate of drug-likeness (QED) is 0.681. The first-order chi connectivity index (χ1) is 11.9. The van der Waals surface area contributed by atoms with Crippen molar-refractivity contribution in [2.45, 2.75) is 24.3 Å². The highest BCUT2D eigenvalue weighted by atomic mass is 32.2. The van der Waals surface area contributed by atoms with Gasteiger partial charge in [0.05, 0.1) is 10.9 Å². The Balaban J connectivity index is 1.86. The van der Waals surface area contributed by atoms with E-state index in [1.807, 2.05) is 52.2 Å². The Morgan fingerprint density at radius 2 is 1.84 bits per heavy atom. The van der Waals surface area contributed by atoms with Crippen molar-refractivity contribution in [2.75, 3.05) is 24.7 Å². The van der Waals surface area contributed by atoms with E-state index in [4.69, 9.17) is 5.73 Å². The summed E-state index contributed by atoms with van der Waals surface area (Å²) in [5.41, 5.74) is 7.87. The summed E-state index contributed by atoms with van der Waals surface area (Å²) in [6.45, 7) is 4.02. The first-order valence-corrected chi connectivity index (χ1v) is 8.53. The Kier molecular flexibility index (Phi) is 4.79. The van der Waals surface area contributed by atoms with Crippen molar-refractivity contribution in [3.05, 3.63) is 35.7 Å². The lowest BCUT2D eigenvalue weighted by Gasteiger charge is -2.14. The van der Waals surface area contributed by atoms with Crippen LogP contribution in [0.5, 0.6) is 0 Å². The van der Waals surface area contributed by atoms with Crippen LogP contribution in [-0.4, -0.2) is 49.3 Å². The highest BCUT2D eigenvalue weighted by Gasteiger charge is 2.18. The molecule has 0 saturated carbocycles. The summed E-state index contributed by atoms with van der Waals surface area (Å²) in [7, 11) is 3.71. The van der Waals surface area contributed by atoms with Gasteiger partial charge in [-0.3, -0.25) is 0 Å². The maximum absolute atomic E-state index is 5.80. The molecule has 0 radical (unpaired) electrons. The molecule has 0 amide bonds. The number of benzene rings is 1. The number of nitrogen functional groups attached to an aromatic ring is 1. The van der Waals surface area contributed by atoms with E-state index in [9.17, 15) is 0 Å². The van der Waals surface area contributed by atoms with Gasteiger partial charge in [0.1, 0.15) is 5.82 Å². The van der Waals surface area contributed by atoms with Crippen molar-refractivity contribution in [2.24, 2.45) is 0 Å². The number of aromatic nitrogens is 7. The van der Waals surface area contributed by atoms with E-state index in [2.05, 4.69) is 30.5 Å². The molecule has 0 aliphatic heterocycles. The van der Waals surface area contributed by atoms with Crippen molar-refractivity contribution in [3.8, 4) is 5.69 Å². The Hall–Kier alpha value is -2.75. The van der Waals surface area contributed by atoms with Gasteiger partial charge in [-0.15, -0.1) is 5.10 Å². The third-order valence-electron chi connectivity index (χ3n) is 3.42. The molecule has 0 fully saturated rings. The van der Waals surface area contributed by atoms with Crippen LogP contribution in [0.2, 0.25) is 0 Å². The normalized spacial score (nSPS) is 12.2.